The molecule has 1 aliphatic rings. The fourth-order valence-electron chi connectivity index (χ4n) is 2.82. The van der Waals surface area contributed by atoms with Crippen LogP contribution < -0.4 is 9.62 Å². The van der Waals surface area contributed by atoms with Gasteiger partial charge < -0.3 is 4.90 Å². The van der Waals surface area contributed by atoms with Crippen LogP contribution in [0.25, 0.3) is 0 Å². The van der Waals surface area contributed by atoms with Crippen LogP contribution in [0.3, 0.4) is 0 Å². The molecular weight excluding hydrogens is 342 g/mol. The van der Waals surface area contributed by atoms with E-state index in [9.17, 15) is 8.42 Å². The number of aromatic nitrogens is 1. The fraction of sp³-hybridized carbons (Fsp3) is 0.471. The molecule has 2 aromatic rings. The Morgan fingerprint density at radius 1 is 1.25 bits per heavy atom. The average Bonchev–Trinajstić information content (AvgIpc) is 3.17. The summed E-state index contributed by atoms with van der Waals surface area (Å²) in [5.74, 6) is 0. The van der Waals surface area contributed by atoms with Gasteiger partial charge in [0.1, 0.15) is 0 Å². The van der Waals surface area contributed by atoms with E-state index in [1.165, 1.54) is 0 Å². The lowest BCUT2D eigenvalue weighted by molar-refractivity contribution is 0.560. The molecule has 0 spiro atoms. The normalized spacial score (nSPS) is 19.0. The Kier molecular flexibility index (Phi) is 4.68. The third-order valence-electron chi connectivity index (χ3n) is 4.23. The number of sulfonamides is 1. The molecule has 3 rings (SSSR count). The molecule has 0 bridgehead atoms. The number of benzene rings is 1. The maximum Gasteiger partial charge on any atom is 0.240 e. The standard InChI is InChI=1S/C17H23N3O2S2/c1-17(2,3)13-4-6-15(7-5-13)24(21,22)19-14-8-10-20(12-14)16-18-9-11-23-16/h4-7,9,11,14,19H,8,10,12H2,1-3H3. The minimum absolute atomic E-state index is 0.00931. The summed E-state index contributed by atoms with van der Waals surface area (Å²) in [6.07, 6.45) is 2.56. The van der Waals surface area contributed by atoms with E-state index in [0.717, 1.165) is 23.7 Å². The number of rotatable bonds is 4. The number of hydrogen-bond donors (Lipinski definition) is 1. The van der Waals surface area contributed by atoms with Gasteiger partial charge in [0.05, 0.1) is 4.90 Å². The van der Waals surface area contributed by atoms with Crippen LogP contribution >= 0.6 is 11.3 Å². The molecule has 1 aromatic heterocycles. The second-order valence-corrected chi connectivity index (χ2v) is 9.73. The molecule has 0 saturated carbocycles. The Bertz CT molecular complexity index is 778. The van der Waals surface area contributed by atoms with E-state index in [1.807, 2.05) is 17.5 Å². The van der Waals surface area contributed by atoms with Crippen LogP contribution in [0.1, 0.15) is 32.8 Å². The lowest BCUT2D eigenvalue weighted by Crippen LogP contribution is -2.37. The molecule has 0 amide bonds. The Morgan fingerprint density at radius 2 is 1.96 bits per heavy atom. The second-order valence-electron chi connectivity index (χ2n) is 7.14. The van der Waals surface area contributed by atoms with Crippen molar-refractivity contribution in [3.63, 3.8) is 0 Å². The molecule has 1 atom stereocenters. The number of hydrogen-bond acceptors (Lipinski definition) is 5. The van der Waals surface area contributed by atoms with Gasteiger partial charge in [-0.1, -0.05) is 32.9 Å². The van der Waals surface area contributed by atoms with Crippen LogP contribution in [0, 0.1) is 0 Å². The van der Waals surface area contributed by atoms with Crippen LogP contribution in [-0.4, -0.2) is 32.5 Å². The van der Waals surface area contributed by atoms with Gasteiger partial charge in [0.25, 0.3) is 0 Å². The maximum atomic E-state index is 12.6. The first-order valence-corrected chi connectivity index (χ1v) is 10.4. The van der Waals surface area contributed by atoms with Crippen LogP contribution in [0.15, 0.2) is 40.7 Å². The van der Waals surface area contributed by atoms with Crippen molar-refractivity contribution in [3.05, 3.63) is 41.4 Å². The first-order chi connectivity index (χ1) is 11.3. The zero-order valence-corrected chi connectivity index (χ0v) is 15.8. The Balaban J connectivity index is 1.68. The van der Waals surface area contributed by atoms with Crippen molar-refractivity contribution in [1.82, 2.24) is 9.71 Å². The molecule has 1 fully saturated rings. The molecule has 0 aliphatic carbocycles. The van der Waals surface area contributed by atoms with Crippen LogP contribution in [0.4, 0.5) is 5.13 Å². The summed E-state index contributed by atoms with van der Waals surface area (Å²) in [6, 6.07) is 7.09. The van der Waals surface area contributed by atoms with E-state index < -0.39 is 10.0 Å². The third kappa shape index (κ3) is 3.79. The predicted octanol–water partition coefficient (Wildman–Crippen LogP) is 3.00. The molecule has 5 nitrogen and oxygen atoms in total. The van der Waals surface area contributed by atoms with Crippen molar-refractivity contribution in [2.24, 2.45) is 0 Å². The van der Waals surface area contributed by atoms with E-state index in [-0.39, 0.29) is 11.5 Å². The van der Waals surface area contributed by atoms with E-state index in [0.29, 0.717) is 11.4 Å². The quantitative estimate of drug-likeness (QED) is 0.905. The van der Waals surface area contributed by atoms with Gasteiger partial charge in [-0.15, -0.1) is 11.3 Å². The molecule has 1 aromatic carbocycles. The van der Waals surface area contributed by atoms with Gasteiger partial charge in [0.15, 0.2) is 5.13 Å². The molecule has 1 saturated heterocycles. The molecule has 130 valence electrons. The summed E-state index contributed by atoms with van der Waals surface area (Å²) in [5.41, 5.74) is 1.13. The van der Waals surface area contributed by atoms with Gasteiger partial charge in [0.2, 0.25) is 10.0 Å². The topological polar surface area (TPSA) is 62.3 Å². The molecule has 1 N–H and O–H groups in total. The zero-order valence-electron chi connectivity index (χ0n) is 14.2. The summed E-state index contributed by atoms with van der Waals surface area (Å²) < 4.78 is 28.0. The highest BCUT2D eigenvalue weighted by molar-refractivity contribution is 7.89. The average molecular weight is 366 g/mol. The van der Waals surface area contributed by atoms with Crippen molar-refractivity contribution in [3.8, 4) is 0 Å². The van der Waals surface area contributed by atoms with Gasteiger partial charge in [-0.25, -0.2) is 18.1 Å². The van der Waals surface area contributed by atoms with Gasteiger partial charge in [0, 0.05) is 30.7 Å². The van der Waals surface area contributed by atoms with Gasteiger partial charge in [-0.05, 0) is 29.5 Å². The SMILES string of the molecule is CC(C)(C)c1ccc(S(=O)(=O)NC2CCN(c3nccs3)C2)cc1. The predicted molar refractivity (Wildman–Crippen MR) is 98.2 cm³/mol. The van der Waals surface area contributed by atoms with Gasteiger partial charge >= 0.3 is 0 Å². The number of nitrogens with one attached hydrogen (secondary N) is 1. The fourth-order valence-corrected chi connectivity index (χ4v) is 4.77. The van der Waals surface area contributed by atoms with Gasteiger partial charge in [-0.3, -0.25) is 0 Å². The van der Waals surface area contributed by atoms with E-state index in [4.69, 9.17) is 0 Å². The molecule has 0 radical (unpaired) electrons. The van der Waals surface area contributed by atoms with E-state index in [2.05, 4.69) is 35.4 Å². The summed E-state index contributed by atoms with van der Waals surface area (Å²) in [4.78, 5) is 6.74. The third-order valence-corrected chi connectivity index (χ3v) is 6.60. The summed E-state index contributed by atoms with van der Waals surface area (Å²) in [7, 11) is -3.49. The largest absolute Gasteiger partial charge is 0.346 e. The maximum absolute atomic E-state index is 12.6. The molecule has 24 heavy (non-hydrogen) atoms. The number of thiazole rings is 1. The highest BCUT2D eigenvalue weighted by Gasteiger charge is 2.28. The van der Waals surface area contributed by atoms with E-state index in [1.54, 1.807) is 29.7 Å². The molecule has 1 aliphatic heterocycles. The van der Waals surface area contributed by atoms with Crippen LogP contribution in [0.5, 0.6) is 0 Å². The first-order valence-electron chi connectivity index (χ1n) is 8.03. The first kappa shape index (κ1) is 17.4. The van der Waals surface area contributed by atoms with Crippen molar-refractivity contribution in [2.75, 3.05) is 18.0 Å². The lowest BCUT2D eigenvalue weighted by Gasteiger charge is -2.19. The highest BCUT2D eigenvalue weighted by Crippen LogP contribution is 2.25. The van der Waals surface area contributed by atoms with Crippen molar-refractivity contribution in [1.29, 1.82) is 0 Å². The molecule has 7 heteroatoms. The van der Waals surface area contributed by atoms with Crippen LogP contribution in [-0.2, 0) is 15.4 Å². The van der Waals surface area contributed by atoms with Crippen molar-refractivity contribution < 1.29 is 8.42 Å². The molecule has 1 unspecified atom stereocenters. The number of nitrogens with zero attached hydrogens (tertiary/aromatic N) is 2. The second kappa shape index (κ2) is 6.46. The minimum Gasteiger partial charge on any atom is -0.346 e. The van der Waals surface area contributed by atoms with Crippen molar-refractivity contribution in [2.45, 2.75) is 43.5 Å². The number of anilines is 1. The summed E-state index contributed by atoms with van der Waals surface area (Å²) in [5, 5.41) is 2.88. The Labute approximate surface area is 147 Å². The lowest BCUT2D eigenvalue weighted by atomic mass is 9.87. The van der Waals surface area contributed by atoms with Gasteiger partial charge in [-0.2, -0.15) is 0 Å². The van der Waals surface area contributed by atoms with Crippen molar-refractivity contribution >= 4 is 26.5 Å². The molecule has 2 heterocycles. The monoisotopic (exact) mass is 365 g/mol. The Hall–Kier alpha value is -1.44. The summed E-state index contributed by atoms with van der Waals surface area (Å²) >= 11 is 1.58. The zero-order chi connectivity index (χ0) is 17.4. The highest BCUT2D eigenvalue weighted by atomic mass is 32.2. The van der Waals surface area contributed by atoms with Crippen LogP contribution in [0.2, 0.25) is 0 Å². The Morgan fingerprint density at radius 3 is 2.54 bits per heavy atom. The minimum atomic E-state index is -3.49. The molecular formula is C17H23N3O2S2. The smallest absolute Gasteiger partial charge is 0.240 e. The van der Waals surface area contributed by atoms with E-state index >= 15 is 0 Å². The summed E-state index contributed by atoms with van der Waals surface area (Å²) in [6.45, 7) is 7.82.